The fourth-order valence-electron chi connectivity index (χ4n) is 2.51. The molecule has 1 amide bonds. The zero-order valence-electron chi connectivity index (χ0n) is 14.6. The molecule has 1 aromatic carbocycles. The molecule has 5 heteroatoms. The van der Waals surface area contributed by atoms with Crippen molar-refractivity contribution in [3.63, 3.8) is 0 Å². The molecule has 2 aromatic rings. The highest BCUT2D eigenvalue weighted by Crippen LogP contribution is 2.16. The van der Waals surface area contributed by atoms with E-state index >= 15 is 0 Å². The smallest absolute Gasteiger partial charge is 0.225 e. The lowest BCUT2D eigenvalue weighted by Gasteiger charge is -2.15. The van der Waals surface area contributed by atoms with Crippen LogP contribution in [0, 0.1) is 20.8 Å². The van der Waals surface area contributed by atoms with E-state index in [2.05, 4.69) is 21.8 Å². The molecule has 2 N–H and O–H groups in total. The normalized spacial score (nSPS) is 12.2. The van der Waals surface area contributed by atoms with Crippen molar-refractivity contribution in [2.45, 2.75) is 46.7 Å². The van der Waals surface area contributed by atoms with Gasteiger partial charge in [0.1, 0.15) is 0 Å². The van der Waals surface area contributed by atoms with Gasteiger partial charge in [-0.2, -0.15) is 5.10 Å². The van der Waals surface area contributed by atoms with E-state index in [1.54, 1.807) is 0 Å². The number of carbonyl (C=O) groups excluding carboxylic acids is 1. The Morgan fingerprint density at radius 2 is 2.04 bits per heavy atom. The molecule has 2 rings (SSSR count). The first-order valence-corrected chi connectivity index (χ1v) is 7.94. The van der Waals surface area contributed by atoms with Crippen LogP contribution in [0.15, 0.2) is 24.4 Å². The maximum Gasteiger partial charge on any atom is 0.225 e. The number of aromatic nitrogens is 2. The van der Waals surface area contributed by atoms with Crippen LogP contribution in [-0.2, 0) is 18.4 Å². The van der Waals surface area contributed by atoms with Crippen LogP contribution in [0.2, 0.25) is 0 Å². The van der Waals surface area contributed by atoms with E-state index < -0.39 is 0 Å². The van der Waals surface area contributed by atoms with Crippen molar-refractivity contribution >= 4 is 11.6 Å². The summed E-state index contributed by atoms with van der Waals surface area (Å²) in [4.78, 5) is 12.2. The number of carbonyl (C=O) groups is 1. The summed E-state index contributed by atoms with van der Waals surface area (Å²) in [6.07, 6.45) is 2.30. The molecular weight excluding hydrogens is 288 g/mol. The number of amides is 1. The zero-order chi connectivity index (χ0) is 17.0. The molecule has 0 saturated carbocycles. The average molecular weight is 314 g/mol. The van der Waals surface area contributed by atoms with Crippen LogP contribution in [0.5, 0.6) is 0 Å². The van der Waals surface area contributed by atoms with Gasteiger partial charge in [0.25, 0.3) is 0 Å². The van der Waals surface area contributed by atoms with E-state index in [-0.39, 0.29) is 11.9 Å². The van der Waals surface area contributed by atoms with Gasteiger partial charge in [0, 0.05) is 43.0 Å². The van der Waals surface area contributed by atoms with Gasteiger partial charge in [-0.15, -0.1) is 0 Å². The molecule has 23 heavy (non-hydrogen) atoms. The first-order valence-electron chi connectivity index (χ1n) is 7.94. The second-order valence-corrected chi connectivity index (χ2v) is 6.23. The van der Waals surface area contributed by atoms with E-state index in [1.807, 2.05) is 57.8 Å². The number of aryl methyl sites for hydroxylation is 3. The number of hydrogen-bond acceptors (Lipinski definition) is 3. The van der Waals surface area contributed by atoms with Gasteiger partial charge in [0.2, 0.25) is 5.91 Å². The molecule has 5 nitrogen and oxygen atoms in total. The summed E-state index contributed by atoms with van der Waals surface area (Å²) < 4.78 is 1.86. The molecule has 0 aliphatic rings. The topological polar surface area (TPSA) is 59.0 Å². The molecule has 0 aliphatic heterocycles. The number of anilines is 1. The van der Waals surface area contributed by atoms with Crippen molar-refractivity contribution in [3.8, 4) is 0 Å². The monoisotopic (exact) mass is 314 g/mol. The quantitative estimate of drug-likeness (QED) is 0.862. The molecule has 0 spiro atoms. The second kappa shape index (κ2) is 7.42. The zero-order valence-corrected chi connectivity index (χ0v) is 14.6. The van der Waals surface area contributed by atoms with E-state index in [0.29, 0.717) is 6.42 Å². The highest BCUT2D eigenvalue weighted by Gasteiger charge is 2.11. The third kappa shape index (κ3) is 4.66. The summed E-state index contributed by atoms with van der Waals surface area (Å²) in [5, 5.41) is 10.6. The minimum atomic E-state index is 0.0276. The maximum atomic E-state index is 12.2. The molecule has 0 saturated heterocycles. The van der Waals surface area contributed by atoms with E-state index in [4.69, 9.17) is 0 Å². The van der Waals surface area contributed by atoms with Crippen LogP contribution in [-0.4, -0.2) is 21.7 Å². The van der Waals surface area contributed by atoms with Crippen molar-refractivity contribution in [2.24, 2.45) is 7.05 Å². The van der Waals surface area contributed by atoms with Crippen LogP contribution in [0.25, 0.3) is 0 Å². The number of hydrogen-bond donors (Lipinski definition) is 2. The number of nitrogens with zero attached hydrogens (tertiary/aromatic N) is 2. The van der Waals surface area contributed by atoms with E-state index in [9.17, 15) is 4.79 Å². The highest BCUT2D eigenvalue weighted by molar-refractivity contribution is 5.91. The van der Waals surface area contributed by atoms with Crippen molar-refractivity contribution in [1.82, 2.24) is 15.1 Å². The molecule has 1 aromatic heterocycles. The lowest BCUT2D eigenvalue weighted by Crippen LogP contribution is -2.30. The highest BCUT2D eigenvalue weighted by atomic mass is 16.1. The molecule has 0 radical (unpaired) electrons. The molecule has 0 fully saturated rings. The van der Waals surface area contributed by atoms with Gasteiger partial charge in [0.05, 0.1) is 6.20 Å². The number of benzene rings is 1. The Hall–Kier alpha value is -2.14. The lowest BCUT2D eigenvalue weighted by molar-refractivity contribution is -0.116. The van der Waals surface area contributed by atoms with Crippen molar-refractivity contribution in [3.05, 3.63) is 46.8 Å². The minimum Gasteiger partial charge on any atom is -0.326 e. The summed E-state index contributed by atoms with van der Waals surface area (Å²) >= 11 is 0. The average Bonchev–Trinajstić information content (AvgIpc) is 2.79. The van der Waals surface area contributed by atoms with Gasteiger partial charge in [-0.3, -0.25) is 9.48 Å². The Labute approximate surface area is 138 Å². The van der Waals surface area contributed by atoms with Crippen molar-refractivity contribution < 1.29 is 4.79 Å². The standard InChI is InChI=1S/C18H26N4O/c1-12-6-7-17(13(2)8-12)21-18(23)9-14(3)19-10-16-11-20-22(5)15(16)4/h6-8,11,14,19H,9-10H2,1-5H3,(H,21,23). The fourth-order valence-corrected chi connectivity index (χ4v) is 2.51. The molecule has 0 bridgehead atoms. The summed E-state index contributed by atoms with van der Waals surface area (Å²) in [6, 6.07) is 6.14. The Morgan fingerprint density at radius 3 is 2.65 bits per heavy atom. The largest absolute Gasteiger partial charge is 0.326 e. The van der Waals surface area contributed by atoms with Gasteiger partial charge in [-0.1, -0.05) is 17.7 Å². The molecule has 1 heterocycles. The van der Waals surface area contributed by atoms with Crippen LogP contribution >= 0.6 is 0 Å². The fraction of sp³-hybridized carbons (Fsp3) is 0.444. The third-order valence-corrected chi connectivity index (χ3v) is 4.13. The molecule has 1 unspecified atom stereocenters. The Morgan fingerprint density at radius 1 is 1.30 bits per heavy atom. The van der Waals surface area contributed by atoms with Crippen molar-refractivity contribution in [2.75, 3.05) is 5.32 Å². The van der Waals surface area contributed by atoms with Crippen LogP contribution in [0.3, 0.4) is 0 Å². The third-order valence-electron chi connectivity index (χ3n) is 4.13. The van der Waals surface area contributed by atoms with Crippen LogP contribution in [0.1, 0.15) is 35.7 Å². The summed E-state index contributed by atoms with van der Waals surface area (Å²) in [5.41, 5.74) is 5.47. The molecule has 124 valence electrons. The number of nitrogens with one attached hydrogen (secondary N) is 2. The predicted octanol–water partition coefficient (Wildman–Crippen LogP) is 2.85. The van der Waals surface area contributed by atoms with Gasteiger partial charge in [-0.25, -0.2) is 0 Å². The second-order valence-electron chi connectivity index (χ2n) is 6.23. The van der Waals surface area contributed by atoms with Gasteiger partial charge in [-0.05, 0) is 39.3 Å². The first-order chi connectivity index (χ1) is 10.9. The Kier molecular flexibility index (Phi) is 5.55. The van der Waals surface area contributed by atoms with Crippen molar-refractivity contribution in [1.29, 1.82) is 0 Å². The summed E-state index contributed by atoms with van der Waals surface area (Å²) in [5.74, 6) is 0.0276. The molecule has 0 aliphatic carbocycles. The first kappa shape index (κ1) is 17.2. The van der Waals surface area contributed by atoms with Crippen LogP contribution < -0.4 is 10.6 Å². The predicted molar refractivity (Wildman–Crippen MR) is 93.4 cm³/mol. The molecule has 1 atom stereocenters. The van der Waals surface area contributed by atoms with Crippen LogP contribution in [0.4, 0.5) is 5.69 Å². The maximum absolute atomic E-state index is 12.2. The Balaban J connectivity index is 1.83. The SMILES string of the molecule is Cc1ccc(NC(=O)CC(C)NCc2cnn(C)c2C)c(C)c1. The number of rotatable bonds is 6. The molecular formula is C18H26N4O. The Bertz CT molecular complexity index is 690. The van der Waals surface area contributed by atoms with E-state index in [1.165, 1.54) is 5.56 Å². The minimum absolute atomic E-state index is 0.0276. The van der Waals surface area contributed by atoms with Gasteiger partial charge >= 0.3 is 0 Å². The van der Waals surface area contributed by atoms with Gasteiger partial charge < -0.3 is 10.6 Å². The summed E-state index contributed by atoms with van der Waals surface area (Å²) in [6.45, 7) is 8.84. The van der Waals surface area contributed by atoms with Gasteiger partial charge in [0.15, 0.2) is 0 Å². The summed E-state index contributed by atoms with van der Waals surface area (Å²) in [7, 11) is 1.93. The van der Waals surface area contributed by atoms with E-state index in [0.717, 1.165) is 29.1 Å². The lowest BCUT2D eigenvalue weighted by atomic mass is 10.1.